The van der Waals surface area contributed by atoms with E-state index in [0.717, 1.165) is 29.6 Å². The fraction of sp³-hybridized carbons (Fsp3) is 1.00. The van der Waals surface area contributed by atoms with Gasteiger partial charge in [0.05, 0.1) is 0 Å². The SMILES string of the molecule is C[C@@H]1CCC[C@@]2(C)CC[C@H]3[C@H](C)CC[C@@H](C[C@H]12)C3(C)C.N. The third-order valence-corrected chi connectivity index (χ3v) is 8.22. The smallest absolute Gasteiger partial charge is 0.0295 e. The first-order valence-electron chi connectivity index (χ1n) is 9.34. The maximum absolute atomic E-state index is 2.64. The Bertz CT molecular complexity index is 361. The summed E-state index contributed by atoms with van der Waals surface area (Å²) in [6.45, 7) is 12.9. The first-order chi connectivity index (χ1) is 9.34. The molecule has 0 heterocycles. The van der Waals surface area contributed by atoms with Crippen molar-refractivity contribution in [3.8, 4) is 0 Å². The molecule has 21 heavy (non-hydrogen) atoms. The maximum Gasteiger partial charge on any atom is -0.0295 e. The van der Waals surface area contributed by atoms with Crippen molar-refractivity contribution in [1.82, 2.24) is 6.15 Å². The average molecular weight is 294 g/mol. The standard InChI is InChI=1S/C20H36.H3N/c1-14-7-6-11-20(5)12-10-17-15(2)8-9-16(13-18(14)20)19(17,3)4;/h14-18H,6-13H2,1-5H3;1H3/t14-,15-,16+,17+,18-,20+;/m1./s1. The van der Waals surface area contributed by atoms with Crippen molar-refractivity contribution in [1.29, 1.82) is 0 Å². The maximum atomic E-state index is 2.64. The Labute approximate surface area is 133 Å². The average Bonchev–Trinajstić information content (AvgIpc) is 2.35. The molecule has 0 aliphatic heterocycles. The summed E-state index contributed by atoms with van der Waals surface area (Å²) in [4.78, 5) is 0. The summed E-state index contributed by atoms with van der Waals surface area (Å²) in [7, 11) is 0. The zero-order valence-electron chi connectivity index (χ0n) is 15.3. The molecule has 0 aromatic rings. The molecule has 0 spiro atoms. The molecule has 3 aliphatic rings. The predicted molar refractivity (Wildman–Crippen MR) is 92.6 cm³/mol. The molecule has 0 radical (unpaired) electrons. The molecular weight excluding hydrogens is 254 g/mol. The van der Waals surface area contributed by atoms with E-state index in [2.05, 4.69) is 34.6 Å². The molecule has 0 amide bonds. The predicted octanol–water partition coefficient (Wildman–Crippen LogP) is 6.46. The molecular formula is C20H39N. The molecule has 6 atom stereocenters. The van der Waals surface area contributed by atoms with Gasteiger partial charge >= 0.3 is 0 Å². The lowest BCUT2D eigenvalue weighted by Gasteiger charge is -2.57. The zero-order chi connectivity index (χ0) is 14.5. The number of hydrogen-bond donors (Lipinski definition) is 1. The van der Waals surface area contributed by atoms with Crippen LogP contribution in [0.1, 0.15) is 86.0 Å². The fourth-order valence-corrected chi connectivity index (χ4v) is 6.67. The van der Waals surface area contributed by atoms with E-state index in [-0.39, 0.29) is 6.15 Å². The van der Waals surface area contributed by atoms with Crippen LogP contribution in [0.2, 0.25) is 0 Å². The molecule has 3 rings (SSSR count). The van der Waals surface area contributed by atoms with Gasteiger partial charge in [-0.3, -0.25) is 0 Å². The van der Waals surface area contributed by atoms with Crippen LogP contribution < -0.4 is 6.15 Å². The van der Waals surface area contributed by atoms with Gasteiger partial charge in [-0.1, -0.05) is 53.9 Å². The van der Waals surface area contributed by atoms with E-state index in [0.29, 0.717) is 10.8 Å². The Morgan fingerprint density at radius 3 is 2.14 bits per heavy atom. The van der Waals surface area contributed by atoms with Crippen LogP contribution in [0, 0.1) is 40.4 Å². The van der Waals surface area contributed by atoms with Crippen LogP contribution in [-0.2, 0) is 0 Å². The van der Waals surface area contributed by atoms with Gasteiger partial charge in [0.25, 0.3) is 0 Å². The summed E-state index contributed by atoms with van der Waals surface area (Å²) < 4.78 is 0. The van der Waals surface area contributed by atoms with Crippen molar-refractivity contribution in [3.05, 3.63) is 0 Å². The minimum Gasteiger partial charge on any atom is -0.344 e. The van der Waals surface area contributed by atoms with Crippen molar-refractivity contribution in [2.45, 2.75) is 86.0 Å². The van der Waals surface area contributed by atoms with E-state index in [4.69, 9.17) is 0 Å². The Morgan fingerprint density at radius 1 is 0.762 bits per heavy atom. The highest BCUT2D eigenvalue weighted by atomic mass is 14.6. The lowest BCUT2D eigenvalue weighted by atomic mass is 9.48. The van der Waals surface area contributed by atoms with Gasteiger partial charge in [-0.25, -0.2) is 0 Å². The number of fused-ring (bicyclic) bond motifs is 3. The van der Waals surface area contributed by atoms with Crippen LogP contribution in [0.25, 0.3) is 0 Å². The van der Waals surface area contributed by atoms with Gasteiger partial charge < -0.3 is 6.15 Å². The molecule has 2 bridgehead atoms. The molecule has 0 unspecified atom stereocenters. The second-order valence-corrected chi connectivity index (χ2v) is 9.58. The number of hydrogen-bond acceptors (Lipinski definition) is 1. The van der Waals surface area contributed by atoms with E-state index in [1.165, 1.54) is 51.4 Å². The molecule has 1 heteroatoms. The third-order valence-electron chi connectivity index (χ3n) is 8.22. The number of rotatable bonds is 0. The highest BCUT2D eigenvalue weighted by Gasteiger charge is 2.50. The molecule has 3 aliphatic carbocycles. The topological polar surface area (TPSA) is 35.0 Å². The van der Waals surface area contributed by atoms with Gasteiger partial charge in [-0.05, 0) is 72.5 Å². The van der Waals surface area contributed by atoms with E-state index < -0.39 is 0 Å². The molecule has 3 fully saturated rings. The zero-order valence-corrected chi connectivity index (χ0v) is 15.3. The van der Waals surface area contributed by atoms with Crippen LogP contribution in [0.15, 0.2) is 0 Å². The molecule has 3 N–H and O–H groups in total. The molecule has 3 saturated carbocycles. The van der Waals surface area contributed by atoms with Gasteiger partial charge in [-0.15, -0.1) is 0 Å². The monoisotopic (exact) mass is 293 g/mol. The minimum atomic E-state index is 0. The van der Waals surface area contributed by atoms with Crippen molar-refractivity contribution < 1.29 is 0 Å². The van der Waals surface area contributed by atoms with E-state index >= 15 is 0 Å². The molecule has 1 nitrogen and oxygen atoms in total. The molecule has 0 saturated heterocycles. The summed E-state index contributed by atoms with van der Waals surface area (Å²) in [5.41, 5.74) is 1.26. The normalized spacial score (nSPS) is 49.3. The van der Waals surface area contributed by atoms with Crippen LogP contribution in [0.5, 0.6) is 0 Å². The van der Waals surface area contributed by atoms with Crippen LogP contribution in [0.4, 0.5) is 0 Å². The summed E-state index contributed by atoms with van der Waals surface area (Å²) >= 11 is 0. The largest absolute Gasteiger partial charge is 0.344 e. The second kappa shape index (κ2) is 5.87. The van der Waals surface area contributed by atoms with Gasteiger partial charge in [0.2, 0.25) is 0 Å². The Hall–Kier alpha value is -0.0400. The van der Waals surface area contributed by atoms with E-state index in [1.54, 1.807) is 0 Å². The summed E-state index contributed by atoms with van der Waals surface area (Å²) in [6, 6.07) is 0. The Balaban J connectivity index is 0.00000161. The van der Waals surface area contributed by atoms with E-state index in [1.807, 2.05) is 0 Å². The van der Waals surface area contributed by atoms with Crippen LogP contribution >= 0.6 is 0 Å². The van der Waals surface area contributed by atoms with Crippen molar-refractivity contribution in [2.24, 2.45) is 40.4 Å². The quantitative estimate of drug-likeness (QED) is 0.546. The van der Waals surface area contributed by atoms with Crippen molar-refractivity contribution in [3.63, 3.8) is 0 Å². The highest BCUT2D eigenvalue weighted by molar-refractivity contribution is 5.00. The van der Waals surface area contributed by atoms with Gasteiger partial charge in [0, 0.05) is 0 Å². The third kappa shape index (κ3) is 2.80. The lowest BCUT2D eigenvalue weighted by Crippen LogP contribution is -2.48. The van der Waals surface area contributed by atoms with Gasteiger partial charge in [0.15, 0.2) is 0 Å². The molecule has 124 valence electrons. The van der Waals surface area contributed by atoms with Crippen molar-refractivity contribution in [2.75, 3.05) is 0 Å². The minimum absolute atomic E-state index is 0. The first kappa shape index (κ1) is 17.3. The van der Waals surface area contributed by atoms with E-state index in [9.17, 15) is 0 Å². The molecule has 0 aromatic heterocycles. The lowest BCUT2D eigenvalue weighted by molar-refractivity contribution is -0.0692. The Kier molecular flexibility index (Phi) is 4.84. The fourth-order valence-electron chi connectivity index (χ4n) is 6.67. The van der Waals surface area contributed by atoms with Gasteiger partial charge in [0.1, 0.15) is 0 Å². The van der Waals surface area contributed by atoms with Crippen molar-refractivity contribution >= 4 is 0 Å². The van der Waals surface area contributed by atoms with Gasteiger partial charge in [-0.2, -0.15) is 0 Å². The summed E-state index contributed by atoms with van der Waals surface area (Å²) in [5.74, 6) is 4.92. The van der Waals surface area contributed by atoms with Crippen LogP contribution in [-0.4, -0.2) is 0 Å². The summed E-state index contributed by atoms with van der Waals surface area (Å²) in [5, 5.41) is 0. The Morgan fingerprint density at radius 2 is 1.43 bits per heavy atom. The second-order valence-electron chi connectivity index (χ2n) is 9.58. The first-order valence-corrected chi connectivity index (χ1v) is 9.34. The highest BCUT2D eigenvalue weighted by Crippen LogP contribution is 2.60. The molecule has 0 aromatic carbocycles. The van der Waals surface area contributed by atoms with Crippen LogP contribution in [0.3, 0.4) is 0 Å². The summed E-state index contributed by atoms with van der Waals surface area (Å²) in [6.07, 6.45) is 12.0.